The second kappa shape index (κ2) is 7.06. The number of nitrogens with one attached hydrogen (secondary N) is 2. The molecule has 2 N–H and O–H groups in total. The van der Waals surface area contributed by atoms with Crippen molar-refractivity contribution in [2.45, 2.75) is 39.7 Å². The van der Waals surface area contributed by atoms with Crippen LogP contribution < -0.4 is 10.6 Å². The zero-order valence-corrected chi connectivity index (χ0v) is 13.2. The highest BCUT2D eigenvalue weighted by Gasteiger charge is 2.14. The fourth-order valence-electron chi connectivity index (χ4n) is 2.20. The standard InChI is InChI=1S/C15H24N6/c1-5-7-16-14-13(11(2)3)15(19-10-18-14)17-9-12-6-8-21(4)20-12/h6,8,10-11H,5,7,9H2,1-4H3,(H2,16,17,18,19). The van der Waals surface area contributed by atoms with Crippen LogP contribution in [0, 0.1) is 0 Å². The van der Waals surface area contributed by atoms with Crippen molar-refractivity contribution in [3.05, 3.63) is 29.8 Å². The topological polar surface area (TPSA) is 67.7 Å². The lowest BCUT2D eigenvalue weighted by atomic mass is 10.0. The van der Waals surface area contributed by atoms with Crippen molar-refractivity contribution in [2.75, 3.05) is 17.2 Å². The van der Waals surface area contributed by atoms with Gasteiger partial charge in [-0.15, -0.1) is 0 Å². The lowest BCUT2D eigenvalue weighted by Crippen LogP contribution is -2.12. The molecular formula is C15H24N6. The lowest BCUT2D eigenvalue weighted by Gasteiger charge is -2.17. The van der Waals surface area contributed by atoms with Crippen LogP contribution in [0.15, 0.2) is 18.6 Å². The Morgan fingerprint density at radius 1 is 1.19 bits per heavy atom. The lowest BCUT2D eigenvalue weighted by molar-refractivity contribution is 0.746. The SMILES string of the molecule is CCCNc1ncnc(NCc2ccn(C)n2)c1C(C)C. The largest absolute Gasteiger partial charge is 0.370 e. The quantitative estimate of drug-likeness (QED) is 0.820. The molecule has 0 atom stereocenters. The summed E-state index contributed by atoms with van der Waals surface area (Å²) in [5, 5.41) is 11.1. The molecule has 0 amide bonds. The van der Waals surface area contributed by atoms with Gasteiger partial charge in [0.25, 0.3) is 0 Å². The summed E-state index contributed by atoms with van der Waals surface area (Å²) in [5.74, 6) is 2.14. The maximum atomic E-state index is 4.39. The normalized spacial score (nSPS) is 10.9. The zero-order valence-electron chi connectivity index (χ0n) is 13.2. The van der Waals surface area contributed by atoms with Gasteiger partial charge in [0.05, 0.1) is 12.2 Å². The van der Waals surface area contributed by atoms with Crippen molar-refractivity contribution < 1.29 is 0 Å². The van der Waals surface area contributed by atoms with E-state index < -0.39 is 0 Å². The van der Waals surface area contributed by atoms with Crippen LogP contribution in [0.3, 0.4) is 0 Å². The van der Waals surface area contributed by atoms with E-state index in [4.69, 9.17) is 0 Å². The molecule has 6 nitrogen and oxygen atoms in total. The minimum Gasteiger partial charge on any atom is -0.370 e. The molecule has 0 radical (unpaired) electrons. The maximum Gasteiger partial charge on any atom is 0.135 e. The first kappa shape index (κ1) is 15.3. The van der Waals surface area contributed by atoms with Gasteiger partial charge in [0.15, 0.2) is 0 Å². The van der Waals surface area contributed by atoms with Crippen LogP contribution in [0.5, 0.6) is 0 Å². The fraction of sp³-hybridized carbons (Fsp3) is 0.533. The van der Waals surface area contributed by atoms with Gasteiger partial charge in [-0.3, -0.25) is 4.68 Å². The molecule has 2 aromatic rings. The second-order valence-electron chi connectivity index (χ2n) is 5.40. The van der Waals surface area contributed by atoms with Crippen LogP contribution in [0.1, 0.15) is 44.4 Å². The first-order chi connectivity index (χ1) is 10.1. The molecule has 0 aromatic carbocycles. The smallest absolute Gasteiger partial charge is 0.135 e. The van der Waals surface area contributed by atoms with E-state index in [9.17, 15) is 0 Å². The minimum atomic E-state index is 0.344. The van der Waals surface area contributed by atoms with E-state index in [0.717, 1.165) is 35.9 Å². The number of nitrogens with zero attached hydrogens (tertiary/aromatic N) is 4. The van der Waals surface area contributed by atoms with Gasteiger partial charge in [0.1, 0.15) is 18.0 Å². The van der Waals surface area contributed by atoms with Gasteiger partial charge in [-0.05, 0) is 18.4 Å². The molecule has 21 heavy (non-hydrogen) atoms. The fourth-order valence-corrected chi connectivity index (χ4v) is 2.20. The summed E-state index contributed by atoms with van der Waals surface area (Å²) < 4.78 is 1.80. The number of rotatable bonds is 7. The summed E-state index contributed by atoms with van der Waals surface area (Å²) in [5.41, 5.74) is 2.12. The Morgan fingerprint density at radius 3 is 2.48 bits per heavy atom. The van der Waals surface area contributed by atoms with Gasteiger partial charge in [0, 0.05) is 25.4 Å². The van der Waals surface area contributed by atoms with E-state index >= 15 is 0 Å². The summed E-state index contributed by atoms with van der Waals surface area (Å²) >= 11 is 0. The van der Waals surface area contributed by atoms with E-state index in [0.29, 0.717) is 12.5 Å². The van der Waals surface area contributed by atoms with Gasteiger partial charge in [-0.1, -0.05) is 20.8 Å². The van der Waals surface area contributed by atoms with Crippen LogP contribution in [0.2, 0.25) is 0 Å². The molecule has 0 bridgehead atoms. The first-order valence-corrected chi connectivity index (χ1v) is 7.43. The van der Waals surface area contributed by atoms with E-state index in [2.05, 4.69) is 46.5 Å². The molecule has 0 aliphatic carbocycles. The molecule has 2 heterocycles. The summed E-state index contributed by atoms with van der Waals surface area (Å²) in [4.78, 5) is 8.77. The summed E-state index contributed by atoms with van der Waals surface area (Å²) in [6, 6.07) is 2.00. The zero-order chi connectivity index (χ0) is 15.2. The van der Waals surface area contributed by atoms with E-state index in [-0.39, 0.29) is 0 Å². The summed E-state index contributed by atoms with van der Waals surface area (Å²) in [6.07, 6.45) is 4.61. The van der Waals surface area contributed by atoms with E-state index in [1.807, 2.05) is 19.3 Å². The molecule has 0 saturated heterocycles. The van der Waals surface area contributed by atoms with Gasteiger partial charge in [-0.2, -0.15) is 5.10 Å². The van der Waals surface area contributed by atoms with Crippen LogP contribution in [0.4, 0.5) is 11.6 Å². The molecule has 0 aliphatic heterocycles. The third kappa shape index (κ3) is 3.93. The molecule has 0 fully saturated rings. The molecule has 2 rings (SSSR count). The van der Waals surface area contributed by atoms with E-state index in [1.165, 1.54) is 0 Å². The maximum absolute atomic E-state index is 4.39. The van der Waals surface area contributed by atoms with Crippen molar-refractivity contribution in [1.82, 2.24) is 19.7 Å². The Bertz CT molecular complexity index is 575. The minimum absolute atomic E-state index is 0.344. The highest BCUT2D eigenvalue weighted by molar-refractivity contribution is 5.59. The number of hydrogen-bond acceptors (Lipinski definition) is 5. The third-order valence-corrected chi connectivity index (χ3v) is 3.21. The molecule has 2 aromatic heterocycles. The van der Waals surface area contributed by atoms with Gasteiger partial charge in [-0.25, -0.2) is 9.97 Å². The molecule has 0 saturated carbocycles. The Labute approximate surface area is 126 Å². The number of anilines is 2. The number of aryl methyl sites for hydroxylation is 1. The van der Waals surface area contributed by atoms with E-state index in [1.54, 1.807) is 11.0 Å². The highest BCUT2D eigenvalue weighted by atomic mass is 15.3. The van der Waals surface area contributed by atoms with Crippen molar-refractivity contribution in [3.63, 3.8) is 0 Å². The van der Waals surface area contributed by atoms with Gasteiger partial charge < -0.3 is 10.6 Å². The molecule has 0 unspecified atom stereocenters. The predicted octanol–water partition coefficient (Wildman–Crippen LogP) is 2.77. The van der Waals surface area contributed by atoms with Gasteiger partial charge in [0.2, 0.25) is 0 Å². The number of aromatic nitrogens is 4. The Hall–Kier alpha value is -2.11. The average Bonchev–Trinajstić information content (AvgIpc) is 2.88. The molecular weight excluding hydrogens is 264 g/mol. The second-order valence-corrected chi connectivity index (χ2v) is 5.40. The Kier molecular flexibility index (Phi) is 5.14. The van der Waals surface area contributed by atoms with Crippen molar-refractivity contribution in [2.24, 2.45) is 7.05 Å². The molecule has 114 valence electrons. The van der Waals surface area contributed by atoms with Crippen LogP contribution >= 0.6 is 0 Å². The average molecular weight is 288 g/mol. The summed E-state index contributed by atoms with van der Waals surface area (Å²) in [6.45, 7) is 8.02. The Balaban J connectivity index is 2.17. The van der Waals surface area contributed by atoms with Crippen molar-refractivity contribution in [1.29, 1.82) is 0 Å². The predicted molar refractivity (Wildman–Crippen MR) is 85.4 cm³/mol. The van der Waals surface area contributed by atoms with Crippen molar-refractivity contribution >= 4 is 11.6 Å². The van der Waals surface area contributed by atoms with Crippen LogP contribution in [0.25, 0.3) is 0 Å². The monoisotopic (exact) mass is 288 g/mol. The summed E-state index contributed by atoms with van der Waals surface area (Å²) in [7, 11) is 1.92. The van der Waals surface area contributed by atoms with Crippen LogP contribution in [-0.4, -0.2) is 26.3 Å². The highest BCUT2D eigenvalue weighted by Crippen LogP contribution is 2.28. The molecule has 0 spiro atoms. The van der Waals surface area contributed by atoms with Crippen LogP contribution in [-0.2, 0) is 13.6 Å². The molecule has 0 aliphatic rings. The Morgan fingerprint density at radius 2 is 1.90 bits per heavy atom. The first-order valence-electron chi connectivity index (χ1n) is 7.43. The molecule has 6 heteroatoms. The third-order valence-electron chi connectivity index (χ3n) is 3.21. The number of hydrogen-bond donors (Lipinski definition) is 2. The van der Waals surface area contributed by atoms with Gasteiger partial charge >= 0.3 is 0 Å². The van der Waals surface area contributed by atoms with Crippen molar-refractivity contribution in [3.8, 4) is 0 Å².